The second-order valence-corrected chi connectivity index (χ2v) is 7.02. The fourth-order valence-corrected chi connectivity index (χ4v) is 3.47. The van der Waals surface area contributed by atoms with E-state index in [-0.39, 0.29) is 0 Å². The molecule has 8 N–H and O–H groups in total. The summed E-state index contributed by atoms with van der Waals surface area (Å²) in [6.07, 6.45) is 2.15. The third-order valence-corrected chi connectivity index (χ3v) is 5.16. The van der Waals surface area contributed by atoms with Crippen molar-refractivity contribution in [1.29, 1.82) is 0 Å². The van der Waals surface area contributed by atoms with Crippen LogP contribution in [0.5, 0.6) is 0 Å². The molecule has 0 fully saturated rings. The highest BCUT2D eigenvalue weighted by atomic mass is 28.4. The molecule has 0 bridgehead atoms. The van der Waals surface area contributed by atoms with Crippen LogP contribution >= 0.6 is 0 Å². The lowest BCUT2D eigenvalue weighted by atomic mass is 10.3. The van der Waals surface area contributed by atoms with Crippen LogP contribution in [0.2, 0.25) is 6.04 Å². The Hall–Kier alpha value is -0.0631. The minimum absolute atomic E-state index is 0.373. The van der Waals surface area contributed by atoms with Crippen LogP contribution in [0.3, 0.4) is 0 Å². The average molecular weight is 266 g/mol. The van der Waals surface area contributed by atoms with E-state index in [4.69, 9.17) is 36.2 Å². The van der Waals surface area contributed by atoms with E-state index < -0.39 is 14.6 Å². The van der Waals surface area contributed by atoms with Crippen molar-refractivity contribution < 1.29 is 13.3 Å². The van der Waals surface area contributed by atoms with E-state index in [1.807, 2.05) is 0 Å². The van der Waals surface area contributed by atoms with Gasteiger partial charge in [-0.2, -0.15) is 0 Å². The first-order valence-corrected chi connectivity index (χ1v) is 7.63. The van der Waals surface area contributed by atoms with E-state index in [0.717, 1.165) is 12.8 Å². The van der Waals surface area contributed by atoms with Gasteiger partial charge in [-0.15, -0.1) is 0 Å². The SMILES string of the molecule is CO[Si](CCC(N)(N)N)(OC)OCCCCN. The van der Waals surface area contributed by atoms with Gasteiger partial charge >= 0.3 is 8.80 Å². The standard InChI is InChI=1S/C9H26N4O3Si/c1-14-17(15-2,8-5-9(11,12)13)16-7-4-3-6-10/h3-8,10-13H2,1-2H3. The maximum Gasteiger partial charge on any atom is 0.500 e. The molecule has 7 nitrogen and oxygen atoms in total. The summed E-state index contributed by atoms with van der Waals surface area (Å²) in [5.41, 5.74) is 22.0. The van der Waals surface area contributed by atoms with Crippen molar-refractivity contribution in [3.63, 3.8) is 0 Å². The first-order valence-electron chi connectivity index (χ1n) is 5.70. The summed E-state index contributed by atoms with van der Waals surface area (Å²) in [4.78, 5) is 0. The van der Waals surface area contributed by atoms with E-state index in [1.165, 1.54) is 0 Å². The second-order valence-electron chi connectivity index (χ2n) is 4.05. The molecule has 17 heavy (non-hydrogen) atoms. The Morgan fingerprint density at radius 2 is 1.65 bits per heavy atom. The van der Waals surface area contributed by atoms with Crippen LogP contribution in [0.4, 0.5) is 0 Å². The van der Waals surface area contributed by atoms with Crippen molar-refractivity contribution in [3.05, 3.63) is 0 Å². The number of hydrogen-bond acceptors (Lipinski definition) is 7. The van der Waals surface area contributed by atoms with Gasteiger partial charge in [-0.3, -0.25) is 0 Å². The van der Waals surface area contributed by atoms with Crippen LogP contribution in [-0.2, 0) is 13.3 Å². The van der Waals surface area contributed by atoms with Crippen molar-refractivity contribution in [2.75, 3.05) is 27.4 Å². The highest BCUT2D eigenvalue weighted by molar-refractivity contribution is 6.60. The van der Waals surface area contributed by atoms with Crippen molar-refractivity contribution >= 4 is 8.80 Å². The van der Waals surface area contributed by atoms with Gasteiger partial charge in [0.25, 0.3) is 0 Å². The van der Waals surface area contributed by atoms with Crippen LogP contribution in [0.25, 0.3) is 0 Å². The Labute approximate surface area is 104 Å². The molecule has 0 aromatic heterocycles. The molecule has 0 atom stereocenters. The quantitative estimate of drug-likeness (QED) is 0.224. The smallest absolute Gasteiger partial charge is 0.377 e. The van der Waals surface area contributed by atoms with E-state index in [1.54, 1.807) is 14.2 Å². The predicted octanol–water partition coefficient (Wildman–Crippen LogP) is -1.11. The van der Waals surface area contributed by atoms with Crippen molar-refractivity contribution in [2.45, 2.75) is 31.1 Å². The largest absolute Gasteiger partial charge is 0.500 e. The molecule has 104 valence electrons. The Bertz CT molecular complexity index is 197. The highest BCUT2D eigenvalue weighted by Gasteiger charge is 2.40. The molecular formula is C9H26N4O3Si. The molecule has 0 radical (unpaired) electrons. The lowest BCUT2D eigenvalue weighted by Crippen LogP contribution is -2.59. The fourth-order valence-electron chi connectivity index (χ4n) is 1.32. The monoisotopic (exact) mass is 266 g/mol. The fraction of sp³-hybridized carbons (Fsp3) is 1.00. The molecule has 0 aliphatic heterocycles. The van der Waals surface area contributed by atoms with Gasteiger partial charge in [-0.25, -0.2) is 0 Å². The number of nitrogens with two attached hydrogens (primary N) is 4. The maximum atomic E-state index is 5.70. The van der Waals surface area contributed by atoms with Crippen molar-refractivity contribution in [1.82, 2.24) is 0 Å². The average Bonchev–Trinajstić information content (AvgIpc) is 2.28. The topological polar surface area (TPSA) is 132 Å². The Kier molecular flexibility index (Phi) is 8.08. The molecule has 0 heterocycles. The minimum atomic E-state index is -2.68. The van der Waals surface area contributed by atoms with Crippen LogP contribution in [0, 0.1) is 0 Å². The van der Waals surface area contributed by atoms with Gasteiger partial charge < -0.3 is 36.2 Å². The minimum Gasteiger partial charge on any atom is -0.377 e. The van der Waals surface area contributed by atoms with Gasteiger partial charge in [-0.05, 0) is 25.8 Å². The Morgan fingerprint density at radius 3 is 2.06 bits per heavy atom. The molecule has 0 unspecified atom stereocenters. The van der Waals surface area contributed by atoms with Gasteiger partial charge in [0.05, 0.1) is 0 Å². The Balaban J connectivity index is 4.15. The van der Waals surface area contributed by atoms with Gasteiger partial charge in [0.15, 0.2) is 0 Å². The lowest BCUT2D eigenvalue weighted by molar-refractivity contribution is 0.0940. The van der Waals surface area contributed by atoms with Gasteiger partial charge in [0.1, 0.15) is 5.79 Å². The van der Waals surface area contributed by atoms with Crippen LogP contribution in [0.15, 0.2) is 0 Å². The van der Waals surface area contributed by atoms with Gasteiger partial charge in [-0.1, -0.05) is 0 Å². The zero-order valence-electron chi connectivity index (χ0n) is 10.8. The highest BCUT2D eigenvalue weighted by Crippen LogP contribution is 2.18. The summed E-state index contributed by atoms with van der Waals surface area (Å²) in [6, 6.07) is 0.492. The number of unbranched alkanes of at least 4 members (excludes halogenated alkanes) is 1. The third-order valence-electron chi connectivity index (χ3n) is 2.41. The first-order chi connectivity index (χ1) is 7.89. The molecule has 0 spiro atoms. The van der Waals surface area contributed by atoms with E-state index in [9.17, 15) is 0 Å². The molecule has 0 saturated carbocycles. The zero-order valence-corrected chi connectivity index (χ0v) is 11.8. The maximum absolute atomic E-state index is 5.70. The van der Waals surface area contributed by atoms with E-state index in [2.05, 4.69) is 0 Å². The number of hydrogen-bond donors (Lipinski definition) is 4. The first kappa shape index (κ1) is 16.9. The molecule has 0 rings (SSSR count). The van der Waals surface area contributed by atoms with Gasteiger partial charge in [0, 0.05) is 26.9 Å². The summed E-state index contributed by atoms with van der Waals surface area (Å²) in [6.45, 7) is 1.20. The summed E-state index contributed by atoms with van der Waals surface area (Å²) >= 11 is 0. The molecule has 0 aliphatic rings. The second kappa shape index (κ2) is 8.11. The van der Waals surface area contributed by atoms with Crippen molar-refractivity contribution in [2.24, 2.45) is 22.9 Å². The summed E-state index contributed by atoms with van der Waals surface area (Å²) in [5, 5.41) is 0. The molecule has 8 heteroatoms. The predicted molar refractivity (Wildman–Crippen MR) is 68.7 cm³/mol. The summed E-state index contributed by atoms with van der Waals surface area (Å²) < 4.78 is 16.4. The molecule has 0 aromatic carbocycles. The summed E-state index contributed by atoms with van der Waals surface area (Å²) in [5.74, 6) is -1.23. The third kappa shape index (κ3) is 7.79. The van der Waals surface area contributed by atoms with Crippen LogP contribution < -0.4 is 22.9 Å². The lowest BCUT2D eigenvalue weighted by Gasteiger charge is -2.29. The molecule has 0 aromatic rings. The van der Waals surface area contributed by atoms with E-state index >= 15 is 0 Å². The number of rotatable bonds is 10. The zero-order chi connectivity index (χ0) is 13.4. The molecule has 0 amide bonds. The molecule has 0 saturated heterocycles. The van der Waals surface area contributed by atoms with E-state index in [0.29, 0.717) is 25.6 Å². The molecule has 0 aliphatic carbocycles. The normalized spacial score (nSPS) is 13.1. The van der Waals surface area contributed by atoms with Crippen molar-refractivity contribution in [3.8, 4) is 0 Å². The Morgan fingerprint density at radius 1 is 1.06 bits per heavy atom. The van der Waals surface area contributed by atoms with Crippen LogP contribution in [0.1, 0.15) is 19.3 Å². The van der Waals surface area contributed by atoms with Crippen LogP contribution in [-0.4, -0.2) is 42.0 Å². The summed E-state index contributed by atoms with van der Waals surface area (Å²) in [7, 11) is 0.435. The molecular weight excluding hydrogens is 240 g/mol. The van der Waals surface area contributed by atoms with Gasteiger partial charge in [0.2, 0.25) is 0 Å².